The van der Waals surface area contributed by atoms with Crippen LogP contribution in [0.3, 0.4) is 0 Å². The van der Waals surface area contributed by atoms with Gasteiger partial charge in [-0.25, -0.2) is 0 Å². The topological polar surface area (TPSA) is 29.5 Å². The van der Waals surface area contributed by atoms with Gasteiger partial charge in [-0.15, -0.1) is 0 Å². The third kappa shape index (κ3) is 3.85. The highest BCUT2D eigenvalue weighted by Gasteiger charge is 2.15. The Balaban J connectivity index is 2.11. The van der Waals surface area contributed by atoms with E-state index in [0.717, 1.165) is 21.3 Å². The van der Waals surface area contributed by atoms with Gasteiger partial charge in [0.15, 0.2) is 0 Å². The van der Waals surface area contributed by atoms with Crippen molar-refractivity contribution in [3.05, 3.63) is 63.6 Å². The molecular formula is C17H18BrNO2. The van der Waals surface area contributed by atoms with Crippen molar-refractivity contribution in [3.63, 3.8) is 0 Å². The number of halogens is 1. The number of methoxy groups -OCH3 is 1. The van der Waals surface area contributed by atoms with E-state index in [9.17, 15) is 4.79 Å². The fourth-order valence-electron chi connectivity index (χ4n) is 2.08. The second kappa shape index (κ2) is 6.76. The van der Waals surface area contributed by atoms with Crippen molar-refractivity contribution < 1.29 is 9.53 Å². The normalized spacial score (nSPS) is 10.3. The van der Waals surface area contributed by atoms with Crippen LogP contribution < -0.4 is 4.74 Å². The predicted molar refractivity (Wildman–Crippen MR) is 87.7 cm³/mol. The number of amides is 1. The van der Waals surface area contributed by atoms with Gasteiger partial charge in [0.25, 0.3) is 5.91 Å². The molecule has 0 aliphatic carbocycles. The van der Waals surface area contributed by atoms with Crippen molar-refractivity contribution >= 4 is 21.8 Å². The zero-order valence-corrected chi connectivity index (χ0v) is 14.0. The summed E-state index contributed by atoms with van der Waals surface area (Å²) in [5, 5.41) is 0. The number of hydrogen-bond donors (Lipinski definition) is 0. The first kappa shape index (κ1) is 15.6. The van der Waals surface area contributed by atoms with E-state index in [1.807, 2.05) is 49.4 Å². The van der Waals surface area contributed by atoms with Crippen LogP contribution in [0, 0.1) is 6.92 Å². The molecule has 4 heteroatoms. The van der Waals surface area contributed by atoms with E-state index in [4.69, 9.17) is 4.74 Å². The molecule has 1 amide bonds. The Hall–Kier alpha value is -1.81. The van der Waals surface area contributed by atoms with Gasteiger partial charge in [-0.3, -0.25) is 4.79 Å². The average Bonchev–Trinajstić information content (AvgIpc) is 2.47. The largest absolute Gasteiger partial charge is 0.497 e. The van der Waals surface area contributed by atoms with Gasteiger partial charge < -0.3 is 9.64 Å². The fourth-order valence-corrected chi connectivity index (χ4v) is 2.74. The van der Waals surface area contributed by atoms with Gasteiger partial charge in [0.05, 0.1) is 12.7 Å². The van der Waals surface area contributed by atoms with Gasteiger partial charge >= 0.3 is 0 Å². The average molecular weight is 348 g/mol. The zero-order chi connectivity index (χ0) is 15.4. The summed E-state index contributed by atoms with van der Waals surface area (Å²) in [5.41, 5.74) is 2.86. The molecule has 0 spiro atoms. The molecule has 0 bridgehead atoms. The zero-order valence-electron chi connectivity index (χ0n) is 12.4. The van der Waals surface area contributed by atoms with E-state index in [0.29, 0.717) is 12.1 Å². The molecule has 110 valence electrons. The van der Waals surface area contributed by atoms with Crippen molar-refractivity contribution in [1.29, 1.82) is 0 Å². The van der Waals surface area contributed by atoms with E-state index in [2.05, 4.69) is 15.9 Å². The van der Waals surface area contributed by atoms with Crippen molar-refractivity contribution in [2.75, 3.05) is 14.2 Å². The molecule has 3 nitrogen and oxygen atoms in total. The highest BCUT2D eigenvalue weighted by Crippen LogP contribution is 2.21. The summed E-state index contributed by atoms with van der Waals surface area (Å²) in [5.74, 6) is 0.812. The molecule has 0 aromatic heterocycles. The van der Waals surface area contributed by atoms with Gasteiger partial charge in [0.1, 0.15) is 5.75 Å². The predicted octanol–water partition coefficient (Wildman–Crippen LogP) is 4.04. The monoisotopic (exact) mass is 347 g/mol. The number of hydrogen-bond acceptors (Lipinski definition) is 2. The molecule has 0 fully saturated rings. The molecule has 2 aromatic rings. The maximum absolute atomic E-state index is 12.5. The summed E-state index contributed by atoms with van der Waals surface area (Å²) in [6, 6.07) is 13.5. The molecule has 0 saturated heterocycles. The lowest BCUT2D eigenvalue weighted by Gasteiger charge is -2.18. The molecule has 21 heavy (non-hydrogen) atoms. The molecular weight excluding hydrogens is 330 g/mol. The van der Waals surface area contributed by atoms with Crippen molar-refractivity contribution in [1.82, 2.24) is 4.90 Å². The molecule has 0 atom stereocenters. The van der Waals surface area contributed by atoms with Crippen LogP contribution in [-0.4, -0.2) is 25.0 Å². The lowest BCUT2D eigenvalue weighted by molar-refractivity contribution is 0.0784. The van der Waals surface area contributed by atoms with Crippen molar-refractivity contribution in [2.24, 2.45) is 0 Å². The summed E-state index contributed by atoms with van der Waals surface area (Å²) in [4.78, 5) is 14.2. The standard InChI is InChI=1S/C17H18BrNO2/c1-12-4-9-15(16(18)10-12)17(20)19(2)11-13-5-7-14(21-3)8-6-13/h4-10H,11H2,1-3H3. The van der Waals surface area contributed by atoms with E-state index in [1.54, 1.807) is 19.1 Å². The number of benzene rings is 2. The molecule has 2 rings (SSSR count). The van der Waals surface area contributed by atoms with E-state index in [-0.39, 0.29) is 5.91 Å². The van der Waals surface area contributed by atoms with Crippen LogP contribution in [0.15, 0.2) is 46.9 Å². The van der Waals surface area contributed by atoms with Gasteiger partial charge in [-0.2, -0.15) is 0 Å². The van der Waals surface area contributed by atoms with Gasteiger partial charge in [0, 0.05) is 18.1 Å². The lowest BCUT2D eigenvalue weighted by atomic mass is 10.1. The fraction of sp³-hybridized carbons (Fsp3) is 0.235. The first-order chi connectivity index (χ1) is 10.0. The number of nitrogens with zero attached hydrogens (tertiary/aromatic N) is 1. The first-order valence-electron chi connectivity index (χ1n) is 6.66. The maximum Gasteiger partial charge on any atom is 0.255 e. The summed E-state index contributed by atoms with van der Waals surface area (Å²) in [7, 11) is 3.44. The molecule has 0 aliphatic rings. The minimum atomic E-state index is -0.00214. The molecule has 0 heterocycles. The Bertz CT molecular complexity index is 638. The minimum absolute atomic E-state index is 0.00214. The minimum Gasteiger partial charge on any atom is -0.497 e. The Morgan fingerprint density at radius 3 is 2.43 bits per heavy atom. The summed E-state index contributed by atoms with van der Waals surface area (Å²) in [6.07, 6.45) is 0. The molecule has 0 unspecified atom stereocenters. The molecule has 0 saturated carbocycles. The molecule has 0 aliphatic heterocycles. The Morgan fingerprint density at radius 1 is 1.19 bits per heavy atom. The second-order valence-corrected chi connectivity index (χ2v) is 5.85. The molecule has 2 aromatic carbocycles. The van der Waals surface area contributed by atoms with Crippen LogP contribution in [0.25, 0.3) is 0 Å². The summed E-state index contributed by atoms with van der Waals surface area (Å²) < 4.78 is 5.96. The summed E-state index contributed by atoms with van der Waals surface area (Å²) in [6.45, 7) is 2.56. The number of aryl methyl sites for hydroxylation is 1. The highest BCUT2D eigenvalue weighted by atomic mass is 79.9. The third-order valence-corrected chi connectivity index (χ3v) is 3.94. The Labute approximate surface area is 133 Å². The lowest BCUT2D eigenvalue weighted by Crippen LogP contribution is -2.26. The Morgan fingerprint density at radius 2 is 1.86 bits per heavy atom. The summed E-state index contributed by atoms with van der Waals surface area (Å²) >= 11 is 3.46. The van der Waals surface area contributed by atoms with Crippen molar-refractivity contribution in [3.8, 4) is 5.75 Å². The van der Waals surface area contributed by atoms with Crippen LogP contribution in [-0.2, 0) is 6.54 Å². The van der Waals surface area contributed by atoms with E-state index in [1.165, 1.54) is 0 Å². The SMILES string of the molecule is COc1ccc(CN(C)C(=O)c2ccc(C)cc2Br)cc1. The van der Waals surface area contributed by atoms with Gasteiger partial charge in [0.2, 0.25) is 0 Å². The second-order valence-electron chi connectivity index (χ2n) is 4.99. The van der Waals surface area contributed by atoms with Crippen LogP contribution in [0.5, 0.6) is 5.75 Å². The van der Waals surface area contributed by atoms with E-state index < -0.39 is 0 Å². The van der Waals surface area contributed by atoms with Crippen LogP contribution in [0.1, 0.15) is 21.5 Å². The number of rotatable bonds is 4. The first-order valence-corrected chi connectivity index (χ1v) is 7.45. The molecule has 0 radical (unpaired) electrons. The maximum atomic E-state index is 12.5. The number of carbonyl (C=O) groups excluding carboxylic acids is 1. The number of carbonyl (C=O) groups is 1. The van der Waals surface area contributed by atoms with Gasteiger partial charge in [-0.05, 0) is 58.2 Å². The third-order valence-electron chi connectivity index (χ3n) is 3.28. The number of ether oxygens (including phenoxy) is 1. The van der Waals surface area contributed by atoms with E-state index >= 15 is 0 Å². The van der Waals surface area contributed by atoms with Gasteiger partial charge in [-0.1, -0.05) is 18.2 Å². The van der Waals surface area contributed by atoms with Crippen LogP contribution in [0.2, 0.25) is 0 Å². The van der Waals surface area contributed by atoms with Crippen LogP contribution >= 0.6 is 15.9 Å². The van der Waals surface area contributed by atoms with Crippen molar-refractivity contribution in [2.45, 2.75) is 13.5 Å². The smallest absolute Gasteiger partial charge is 0.255 e. The quantitative estimate of drug-likeness (QED) is 0.835. The molecule has 0 N–H and O–H groups in total. The highest BCUT2D eigenvalue weighted by molar-refractivity contribution is 9.10. The van der Waals surface area contributed by atoms with Crippen LogP contribution in [0.4, 0.5) is 0 Å². The Kier molecular flexibility index (Phi) is 5.02.